The molecule has 0 bridgehead atoms. The number of aliphatic hydroxyl groups is 1. The van der Waals surface area contributed by atoms with Crippen LogP contribution >= 0.6 is 0 Å². The van der Waals surface area contributed by atoms with Gasteiger partial charge in [-0.2, -0.15) is 0 Å². The third kappa shape index (κ3) is 22.0. The molecule has 0 heterocycles. The van der Waals surface area contributed by atoms with E-state index < -0.39 is 0 Å². The first kappa shape index (κ1) is 33.0. The fraction of sp³-hybridized carbons (Fsp3) is 0.920. The molecule has 7 nitrogen and oxygen atoms in total. The minimum absolute atomic E-state index is 0.00667. The van der Waals surface area contributed by atoms with Crippen molar-refractivity contribution >= 4 is 11.9 Å². The molecule has 0 aromatic heterocycles. The summed E-state index contributed by atoms with van der Waals surface area (Å²) in [6.45, 7) is 10.9. The Morgan fingerprint density at radius 1 is 0.938 bits per heavy atom. The number of carbonyl (C=O) groups is 2. The number of nitrogens with two attached hydrogens (primary N) is 2. The Labute approximate surface area is 197 Å². The molecule has 0 saturated heterocycles. The van der Waals surface area contributed by atoms with Crippen LogP contribution in [0.1, 0.15) is 112 Å². The quantitative estimate of drug-likeness (QED) is 0.380. The third-order valence-electron chi connectivity index (χ3n) is 4.95. The largest absolute Gasteiger partial charge is 0.460 e. The molecule has 0 atom stereocenters. The zero-order valence-electron chi connectivity index (χ0n) is 21.5. The van der Waals surface area contributed by atoms with Gasteiger partial charge >= 0.3 is 5.97 Å². The lowest BCUT2D eigenvalue weighted by Crippen LogP contribution is -2.29. The average molecular weight is 461 g/mol. The van der Waals surface area contributed by atoms with Crippen molar-refractivity contribution in [2.45, 2.75) is 123 Å². The molecule has 0 unspecified atom stereocenters. The topological polar surface area (TPSA) is 125 Å². The van der Waals surface area contributed by atoms with Crippen molar-refractivity contribution in [1.82, 2.24) is 0 Å². The van der Waals surface area contributed by atoms with E-state index in [1.807, 2.05) is 34.6 Å². The van der Waals surface area contributed by atoms with Crippen LogP contribution in [0.2, 0.25) is 0 Å². The summed E-state index contributed by atoms with van der Waals surface area (Å²) in [4.78, 5) is 22.0. The molecule has 5 N–H and O–H groups in total. The van der Waals surface area contributed by atoms with Crippen molar-refractivity contribution in [2.24, 2.45) is 17.4 Å². The second-order valence-corrected chi connectivity index (χ2v) is 9.08. The zero-order chi connectivity index (χ0) is 24.8. The highest BCUT2D eigenvalue weighted by Crippen LogP contribution is 2.26. The van der Waals surface area contributed by atoms with E-state index in [4.69, 9.17) is 26.0 Å². The molecule has 0 aromatic rings. The number of primary amides is 1. The minimum atomic E-state index is -0.325. The van der Waals surface area contributed by atoms with Gasteiger partial charge in [-0.1, -0.05) is 52.4 Å². The lowest BCUT2D eigenvalue weighted by Gasteiger charge is -2.25. The maximum absolute atomic E-state index is 11.6. The number of ether oxygens (including phenoxy) is 2. The maximum Gasteiger partial charge on any atom is 0.309 e. The van der Waals surface area contributed by atoms with Crippen LogP contribution in [0.15, 0.2) is 0 Å². The minimum Gasteiger partial charge on any atom is -0.460 e. The molecule has 0 aromatic carbocycles. The van der Waals surface area contributed by atoms with Gasteiger partial charge in [0, 0.05) is 19.6 Å². The molecular formula is C25H52N2O5. The van der Waals surface area contributed by atoms with Gasteiger partial charge in [0.2, 0.25) is 5.91 Å². The first-order valence-electron chi connectivity index (χ1n) is 12.6. The van der Waals surface area contributed by atoms with Crippen molar-refractivity contribution in [3.63, 3.8) is 0 Å². The summed E-state index contributed by atoms with van der Waals surface area (Å²) in [6, 6.07) is 0. The van der Waals surface area contributed by atoms with Gasteiger partial charge < -0.3 is 26.0 Å². The number of rotatable bonds is 7. The van der Waals surface area contributed by atoms with Gasteiger partial charge in [0.1, 0.15) is 5.60 Å². The first-order chi connectivity index (χ1) is 15.2. The van der Waals surface area contributed by atoms with E-state index in [-0.39, 0.29) is 30.0 Å². The van der Waals surface area contributed by atoms with Crippen molar-refractivity contribution in [3.05, 3.63) is 0 Å². The van der Waals surface area contributed by atoms with Crippen LogP contribution < -0.4 is 11.5 Å². The highest BCUT2D eigenvalue weighted by Gasteiger charge is 2.26. The van der Waals surface area contributed by atoms with E-state index in [0.717, 1.165) is 19.3 Å². The predicted molar refractivity (Wildman–Crippen MR) is 131 cm³/mol. The summed E-state index contributed by atoms with van der Waals surface area (Å²) in [5.41, 5.74) is 9.47. The van der Waals surface area contributed by atoms with Crippen LogP contribution in [-0.2, 0) is 19.1 Å². The molecule has 192 valence electrons. The maximum atomic E-state index is 11.6. The van der Waals surface area contributed by atoms with Crippen LogP contribution in [0.4, 0.5) is 0 Å². The summed E-state index contributed by atoms with van der Waals surface area (Å²) in [7, 11) is 0. The van der Waals surface area contributed by atoms with Crippen LogP contribution in [-0.4, -0.2) is 48.4 Å². The standard InChI is InChI=1S/C11H20O2.C10H19NO2.C2H7NO.C2H6/c1-11(2,3)13-10(12)9-7-5-4-6-8-9;11-10(12)7-4-8-13-9-5-2-1-3-6-9;3-1-2-4;1-2/h9H,4-8H2,1-3H3;9H,1-8H2,(H2,11,12);4H,1-3H2;1-2H3. The van der Waals surface area contributed by atoms with Gasteiger partial charge in [-0.15, -0.1) is 0 Å². The smallest absolute Gasteiger partial charge is 0.309 e. The molecule has 0 spiro atoms. The molecular weight excluding hydrogens is 408 g/mol. The van der Waals surface area contributed by atoms with E-state index in [9.17, 15) is 9.59 Å². The van der Waals surface area contributed by atoms with Crippen molar-refractivity contribution in [1.29, 1.82) is 0 Å². The fourth-order valence-corrected chi connectivity index (χ4v) is 3.45. The van der Waals surface area contributed by atoms with E-state index in [2.05, 4.69) is 0 Å². The van der Waals surface area contributed by atoms with E-state index >= 15 is 0 Å². The monoisotopic (exact) mass is 460 g/mol. The molecule has 0 aliphatic heterocycles. The Morgan fingerprint density at radius 3 is 1.81 bits per heavy atom. The average Bonchev–Trinajstić information content (AvgIpc) is 2.79. The van der Waals surface area contributed by atoms with Gasteiger partial charge in [0.15, 0.2) is 0 Å². The van der Waals surface area contributed by atoms with Crippen LogP contribution in [0.5, 0.6) is 0 Å². The van der Waals surface area contributed by atoms with Gasteiger partial charge in [-0.05, 0) is 52.9 Å². The van der Waals surface area contributed by atoms with Crippen LogP contribution in [0.3, 0.4) is 0 Å². The molecule has 1 amide bonds. The Balaban J connectivity index is 0. The van der Waals surface area contributed by atoms with Crippen molar-refractivity contribution < 1.29 is 24.2 Å². The summed E-state index contributed by atoms with van der Waals surface area (Å²) in [6.07, 6.45) is 13.7. The Hall–Kier alpha value is -1.18. The normalized spacial score (nSPS) is 16.8. The molecule has 2 aliphatic rings. The third-order valence-corrected chi connectivity index (χ3v) is 4.95. The van der Waals surface area contributed by atoms with Crippen molar-refractivity contribution in [2.75, 3.05) is 19.8 Å². The number of esters is 1. The Kier molecular flexibility index (Phi) is 22.3. The highest BCUT2D eigenvalue weighted by atomic mass is 16.6. The first-order valence-corrected chi connectivity index (χ1v) is 12.6. The molecule has 32 heavy (non-hydrogen) atoms. The van der Waals surface area contributed by atoms with Crippen LogP contribution in [0.25, 0.3) is 0 Å². The van der Waals surface area contributed by atoms with Gasteiger partial charge in [-0.25, -0.2) is 0 Å². The summed E-state index contributed by atoms with van der Waals surface area (Å²) >= 11 is 0. The molecule has 2 aliphatic carbocycles. The van der Waals surface area contributed by atoms with Crippen LogP contribution in [0, 0.1) is 5.92 Å². The SMILES string of the molecule is CC.CC(C)(C)OC(=O)C1CCCCC1.NC(=O)CCCOC1CCCCC1.NCCO. The second kappa shape index (κ2) is 21.7. The predicted octanol–water partition coefficient (Wildman–Crippen LogP) is 4.47. The number of aliphatic hydroxyl groups excluding tert-OH is 1. The van der Waals surface area contributed by atoms with Crippen molar-refractivity contribution in [3.8, 4) is 0 Å². The molecule has 0 radical (unpaired) electrons. The number of amides is 1. The lowest BCUT2D eigenvalue weighted by molar-refractivity contribution is -0.161. The molecule has 2 fully saturated rings. The summed E-state index contributed by atoms with van der Waals surface area (Å²) in [5.74, 6) is -0.0487. The number of hydrogen-bond acceptors (Lipinski definition) is 6. The number of carbonyl (C=O) groups excluding carboxylic acids is 2. The van der Waals surface area contributed by atoms with Gasteiger partial charge in [0.25, 0.3) is 0 Å². The molecule has 7 heteroatoms. The summed E-state index contributed by atoms with van der Waals surface area (Å²) < 4.78 is 11.0. The number of hydrogen-bond donors (Lipinski definition) is 3. The molecule has 2 rings (SSSR count). The molecule has 2 saturated carbocycles. The highest BCUT2D eigenvalue weighted by molar-refractivity contribution is 5.73. The van der Waals surface area contributed by atoms with Gasteiger partial charge in [0.05, 0.1) is 18.6 Å². The fourth-order valence-electron chi connectivity index (χ4n) is 3.45. The van der Waals surface area contributed by atoms with E-state index in [0.29, 0.717) is 25.7 Å². The lowest BCUT2D eigenvalue weighted by atomic mass is 9.89. The summed E-state index contributed by atoms with van der Waals surface area (Å²) in [5, 5.41) is 7.75. The van der Waals surface area contributed by atoms with Gasteiger partial charge in [-0.3, -0.25) is 9.59 Å². The Bertz CT molecular complexity index is 438. The zero-order valence-corrected chi connectivity index (χ0v) is 21.5. The van der Waals surface area contributed by atoms with E-state index in [1.54, 1.807) is 0 Å². The van der Waals surface area contributed by atoms with E-state index in [1.165, 1.54) is 51.4 Å². The second-order valence-electron chi connectivity index (χ2n) is 9.08. The Morgan fingerprint density at radius 2 is 1.41 bits per heavy atom.